The van der Waals surface area contributed by atoms with Gasteiger partial charge >= 0.3 is 0 Å². The van der Waals surface area contributed by atoms with Gasteiger partial charge in [0.25, 0.3) is 5.91 Å². The summed E-state index contributed by atoms with van der Waals surface area (Å²) in [6, 6.07) is 20.2. The SMILES string of the molecule is Cl.O=C(C(=Cc1ccccc1)c1ccccc1)N1CCC(CNCCCCNCC2CCCCC2)CC1. The molecule has 4 nitrogen and oxygen atoms in total. The molecule has 2 aromatic rings. The first-order valence-corrected chi connectivity index (χ1v) is 14.3. The van der Waals surface area contributed by atoms with Gasteiger partial charge in [-0.15, -0.1) is 12.4 Å². The number of halogens is 1. The lowest BCUT2D eigenvalue weighted by Gasteiger charge is -2.33. The first-order chi connectivity index (χ1) is 17.8. The van der Waals surface area contributed by atoms with E-state index in [-0.39, 0.29) is 18.3 Å². The first-order valence-electron chi connectivity index (χ1n) is 14.3. The van der Waals surface area contributed by atoms with Gasteiger partial charge in [0.05, 0.1) is 0 Å². The number of rotatable bonds is 12. The predicted octanol–water partition coefficient (Wildman–Crippen LogP) is 6.43. The summed E-state index contributed by atoms with van der Waals surface area (Å²) in [5.41, 5.74) is 2.84. The van der Waals surface area contributed by atoms with E-state index in [2.05, 4.69) is 27.7 Å². The van der Waals surface area contributed by atoms with Crippen molar-refractivity contribution in [2.45, 2.75) is 57.8 Å². The molecule has 4 rings (SSSR count). The van der Waals surface area contributed by atoms with Crippen molar-refractivity contribution in [3.8, 4) is 0 Å². The highest BCUT2D eigenvalue weighted by atomic mass is 35.5. The summed E-state index contributed by atoms with van der Waals surface area (Å²) in [6.45, 7) is 6.23. The fourth-order valence-electron chi connectivity index (χ4n) is 5.62. The standard InChI is InChI=1S/C32H45N3O.ClH/c36-32(31(30-16-8-3-9-17-30)24-27-12-4-1-5-13-27)35-22-18-29(19-23-35)26-34-21-11-10-20-33-25-28-14-6-2-7-15-28;/h1,3-5,8-9,12-13,16-17,24,28-29,33-34H,2,6-7,10-11,14-15,18-23,25-26H2;1H. The fraction of sp³-hybridized carbons (Fsp3) is 0.531. The summed E-state index contributed by atoms with van der Waals surface area (Å²) < 4.78 is 0. The number of nitrogens with zero attached hydrogens (tertiary/aromatic N) is 1. The summed E-state index contributed by atoms with van der Waals surface area (Å²) in [6.07, 6.45) is 13.8. The van der Waals surface area contributed by atoms with Gasteiger partial charge in [-0.2, -0.15) is 0 Å². The van der Waals surface area contributed by atoms with Gasteiger partial charge in [0.15, 0.2) is 0 Å². The molecule has 0 spiro atoms. The van der Waals surface area contributed by atoms with Gasteiger partial charge < -0.3 is 15.5 Å². The number of benzene rings is 2. The number of amides is 1. The molecule has 1 aliphatic heterocycles. The second-order valence-corrected chi connectivity index (χ2v) is 10.7. The van der Waals surface area contributed by atoms with E-state index >= 15 is 0 Å². The highest BCUT2D eigenvalue weighted by Gasteiger charge is 2.25. The minimum absolute atomic E-state index is 0. The molecule has 0 aromatic heterocycles. The largest absolute Gasteiger partial charge is 0.339 e. The van der Waals surface area contributed by atoms with Gasteiger partial charge in [-0.3, -0.25) is 4.79 Å². The van der Waals surface area contributed by atoms with E-state index in [1.54, 1.807) is 0 Å². The summed E-state index contributed by atoms with van der Waals surface area (Å²) >= 11 is 0. The van der Waals surface area contributed by atoms with Gasteiger partial charge in [-0.1, -0.05) is 79.9 Å². The van der Waals surface area contributed by atoms with Crippen molar-refractivity contribution in [3.05, 3.63) is 71.8 Å². The monoisotopic (exact) mass is 523 g/mol. The van der Waals surface area contributed by atoms with Crippen molar-refractivity contribution in [2.24, 2.45) is 11.8 Å². The molecule has 37 heavy (non-hydrogen) atoms. The molecule has 1 saturated heterocycles. The van der Waals surface area contributed by atoms with Crippen LogP contribution >= 0.6 is 12.4 Å². The van der Waals surface area contributed by atoms with E-state index in [9.17, 15) is 4.79 Å². The van der Waals surface area contributed by atoms with Crippen LogP contribution in [0.15, 0.2) is 60.7 Å². The zero-order valence-corrected chi connectivity index (χ0v) is 23.2. The van der Waals surface area contributed by atoms with Crippen LogP contribution < -0.4 is 10.6 Å². The molecule has 202 valence electrons. The Kier molecular flexibility index (Phi) is 13.2. The molecule has 1 heterocycles. The molecule has 2 fully saturated rings. The molecule has 2 N–H and O–H groups in total. The van der Waals surface area contributed by atoms with Crippen LogP contribution in [-0.4, -0.2) is 50.1 Å². The first kappa shape index (κ1) is 29.4. The number of likely N-dealkylation sites (tertiary alicyclic amines) is 1. The number of hydrogen-bond acceptors (Lipinski definition) is 3. The Morgan fingerprint density at radius 3 is 1.89 bits per heavy atom. The Morgan fingerprint density at radius 2 is 1.30 bits per heavy atom. The molecule has 2 aliphatic rings. The summed E-state index contributed by atoms with van der Waals surface area (Å²) in [4.78, 5) is 15.6. The smallest absolute Gasteiger partial charge is 0.254 e. The van der Waals surface area contributed by atoms with Gasteiger partial charge in [0.1, 0.15) is 0 Å². The second-order valence-electron chi connectivity index (χ2n) is 10.7. The molecule has 0 bridgehead atoms. The normalized spacial score (nSPS) is 17.4. The van der Waals surface area contributed by atoms with Crippen molar-refractivity contribution in [3.63, 3.8) is 0 Å². The highest BCUT2D eigenvalue weighted by molar-refractivity contribution is 6.24. The molecule has 1 saturated carbocycles. The topological polar surface area (TPSA) is 44.4 Å². The predicted molar refractivity (Wildman–Crippen MR) is 159 cm³/mol. The van der Waals surface area contributed by atoms with Crippen molar-refractivity contribution in [2.75, 3.05) is 39.3 Å². The summed E-state index contributed by atoms with van der Waals surface area (Å²) in [5, 5.41) is 7.36. The lowest BCUT2D eigenvalue weighted by atomic mass is 9.89. The third-order valence-corrected chi connectivity index (χ3v) is 7.88. The van der Waals surface area contributed by atoms with E-state index in [1.165, 1.54) is 51.5 Å². The van der Waals surface area contributed by atoms with Crippen molar-refractivity contribution in [1.29, 1.82) is 0 Å². The summed E-state index contributed by atoms with van der Waals surface area (Å²) in [7, 11) is 0. The van der Waals surface area contributed by atoms with Crippen molar-refractivity contribution in [1.82, 2.24) is 15.5 Å². The average molecular weight is 524 g/mol. The van der Waals surface area contributed by atoms with Crippen molar-refractivity contribution >= 4 is 30.0 Å². The van der Waals surface area contributed by atoms with Crippen LogP contribution in [0.2, 0.25) is 0 Å². The van der Waals surface area contributed by atoms with Gasteiger partial charge in [0, 0.05) is 18.7 Å². The fourth-order valence-corrected chi connectivity index (χ4v) is 5.62. The Hall–Kier alpha value is -2.14. The molecular weight excluding hydrogens is 478 g/mol. The number of unbranched alkanes of at least 4 members (excludes halogenated alkanes) is 1. The number of carbonyl (C=O) groups excluding carboxylic acids is 1. The van der Waals surface area contributed by atoms with Gasteiger partial charge in [0.2, 0.25) is 0 Å². The lowest BCUT2D eigenvalue weighted by Crippen LogP contribution is -2.41. The van der Waals surface area contributed by atoms with Crippen LogP contribution in [0.3, 0.4) is 0 Å². The highest BCUT2D eigenvalue weighted by Crippen LogP contribution is 2.25. The number of piperidine rings is 1. The lowest BCUT2D eigenvalue weighted by molar-refractivity contribution is -0.126. The third kappa shape index (κ3) is 9.92. The van der Waals surface area contributed by atoms with Crippen LogP contribution in [0.5, 0.6) is 0 Å². The van der Waals surface area contributed by atoms with Gasteiger partial charge in [-0.05, 0) is 93.7 Å². The zero-order valence-electron chi connectivity index (χ0n) is 22.4. The Balaban J connectivity index is 0.00000380. The van der Waals surface area contributed by atoms with E-state index < -0.39 is 0 Å². The minimum atomic E-state index is 0. The third-order valence-electron chi connectivity index (χ3n) is 7.88. The van der Waals surface area contributed by atoms with Crippen LogP contribution in [-0.2, 0) is 4.79 Å². The van der Waals surface area contributed by atoms with E-state index in [4.69, 9.17) is 0 Å². The molecular formula is C32H46ClN3O. The van der Waals surface area contributed by atoms with E-state index in [0.29, 0.717) is 5.92 Å². The Bertz CT molecular complexity index is 920. The molecule has 0 atom stereocenters. The molecule has 2 aromatic carbocycles. The summed E-state index contributed by atoms with van der Waals surface area (Å²) in [5.74, 6) is 1.74. The molecule has 5 heteroatoms. The van der Waals surface area contributed by atoms with Crippen LogP contribution in [0, 0.1) is 11.8 Å². The maximum absolute atomic E-state index is 13.5. The van der Waals surface area contributed by atoms with Crippen molar-refractivity contribution < 1.29 is 4.79 Å². The number of carbonyl (C=O) groups is 1. The van der Waals surface area contributed by atoms with E-state index in [1.807, 2.05) is 54.6 Å². The van der Waals surface area contributed by atoms with Crippen LogP contribution in [0.25, 0.3) is 11.6 Å². The second kappa shape index (κ2) is 16.7. The molecule has 0 radical (unpaired) electrons. The van der Waals surface area contributed by atoms with Crippen LogP contribution in [0.1, 0.15) is 68.9 Å². The zero-order chi connectivity index (χ0) is 24.8. The molecule has 0 unspecified atom stereocenters. The van der Waals surface area contributed by atoms with E-state index in [0.717, 1.165) is 68.2 Å². The van der Waals surface area contributed by atoms with Crippen LogP contribution in [0.4, 0.5) is 0 Å². The number of hydrogen-bond donors (Lipinski definition) is 2. The molecule has 1 aliphatic carbocycles. The number of nitrogens with one attached hydrogen (secondary N) is 2. The quantitative estimate of drug-likeness (QED) is 0.191. The maximum Gasteiger partial charge on any atom is 0.254 e. The maximum atomic E-state index is 13.5. The van der Waals surface area contributed by atoms with Gasteiger partial charge in [-0.25, -0.2) is 0 Å². The molecule has 1 amide bonds. The minimum Gasteiger partial charge on any atom is -0.339 e. The Labute approximate surface area is 230 Å². The Morgan fingerprint density at radius 1 is 0.757 bits per heavy atom. The average Bonchev–Trinajstić information content (AvgIpc) is 2.95.